The van der Waals surface area contributed by atoms with Gasteiger partial charge in [-0.05, 0) is 108 Å². The molecule has 0 saturated carbocycles. The SMILES string of the molecule is CCc1ccc2n1P(Oc1cc(C(C)(C)C)cc3c1Oc1c(OP4n5c(CC)ccc5C(C)c5ccc(CC)n54)cc(C(C)(C)C)cc1C3(C)C)n1c(CC)ccc1C2C. The summed E-state index contributed by atoms with van der Waals surface area (Å²) in [6.07, 6.45) is 3.70. The Morgan fingerprint density at radius 2 is 0.817 bits per heavy atom. The van der Waals surface area contributed by atoms with E-state index in [1.54, 1.807) is 0 Å². The first-order chi connectivity index (χ1) is 28.4. The lowest BCUT2D eigenvalue weighted by molar-refractivity contribution is 0.380. The predicted molar refractivity (Wildman–Crippen MR) is 249 cm³/mol. The van der Waals surface area contributed by atoms with Gasteiger partial charge in [0.05, 0.1) is 0 Å². The van der Waals surface area contributed by atoms with Gasteiger partial charge in [-0.2, -0.15) is 0 Å². The van der Waals surface area contributed by atoms with Gasteiger partial charge in [-0.25, -0.2) is 0 Å². The van der Waals surface area contributed by atoms with E-state index in [1.165, 1.54) is 56.7 Å². The Morgan fingerprint density at radius 3 is 1.08 bits per heavy atom. The number of aryl methyl sites for hydroxylation is 4. The molecular formula is C51H64N4O3P2. The second-order valence-electron chi connectivity index (χ2n) is 19.7. The van der Waals surface area contributed by atoms with E-state index >= 15 is 0 Å². The van der Waals surface area contributed by atoms with Gasteiger partial charge in [-0.1, -0.05) is 109 Å². The molecule has 0 saturated heterocycles. The van der Waals surface area contributed by atoms with Crippen molar-refractivity contribution in [3.8, 4) is 23.0 Å². The Balaban J connectivity index is 1.26. The zero-order chi connectivity index (χ0) is 42.8. The Morgan fingerprint density at radius 1 is 0.517 bits per heavy atom. The van der Waals surface area contributed by atoms with Crippen molar-refractivity contribution in [3.63, 3.8) is 0 Å². The van der Waals surface area contributed by atoms with Crippen molar-refractivity contribution in [1.82, 2.24) is 17.4 Å². The smallest absolute Gasteiger partial charge is 0.318 e. The Labute approximate surface area is 361 Å². The standard InChI is InChI=1S/C51H64N4O3P2/c1-15-35-19-23-41-31(5)42-24-20-36(16-2)53(42)59(52(35)41)57-45-29-33(49(7,8)9)27-39-47(45)56-48-40(51(39,13)14)28-34(50(10,11)12)30-46(48)58-60-54-37(17-3)21-25-43(54)32(6)44-26-22-38(18-4)55(44)60/h19-32H,15-18H2,1-14H3. The molecule has 4 aromatic heterocycles. The highest BCUT2D eigenvalue weighted by atomic mass is 31.2. The monoisotopic (exact) mass is 842 g/mol. The molecule has 6 aromatic rings. The van der Waals surface area contributed by atoms with Gasteiger partial charge >= 0.3 is 16.9 Å². The van der Waals surface area contributed by atoms with E-state index < -0.39 is 22.3 Å². The molecule has 316 valence electrons. The minimum atomic E-state index is -1.33. The molecule has 0 spiro atoms. The molecule has 0 fully saturated rings. The van der Waals surface area contributed by atoms with Crippen molar-refractivity contribution < 1.29 is 13.8 Å². The van der Waals surface area contributed by atoms with Gasteiger partial charge in [-0.15, -0.1) is 0 Å². The molecule has 0 amide bonds. The average Bonchev–Trinajstić information content (AvgIpc) is 4.02. The molecule has 0 N–H and O–H groups in total. The van der Waals surface area contributed by atoms with Crippen LogP contribution < -0.4 is 13.8 Å². The third-order valence-corrected chi connectivity index (χ3v) is 17.6. The Kier molecular flexibility index (Phi) is 9.92. The molecule has 3 aliphatic rings. The first-order valence-corrected chi connectivity index (χ1v) is 24.6. The molecule has 7 heterocycles. The molecule has 3 aliphatic heterocycles. The van der Waals surface area contributed by atoms with E-state index in [2.05, 4.69) is 187 Å². The van der Waals surface area contributed by atoms with Crippen LogP contribution in [0.25, 0.3) is 0 Å². The van der Waals surface area contributed by atoms with Gasteiger partial charge in [0.15, 0.2) is 23.0 Å². The highest BCUT2D eigenvalue weighted by Gasteiger charge is 2.44. The minimum absolute atomic E-state index is 0.128. The zero-order valence-electron chi connectivity index (χ0n) is 38.3. The van der Waals surface area contributed by atoms with E-state index in [4.69, 9.17) is 13.8 Å². The summed E-state index contributed by atoms with van der Waals surface area (Å²) in [7, 11) is -2.67. The second-order valence-corrected chi connectivity index (χ2v) is 22.7. The summed E-state index contributed by atoms with van der Waals surface area (Å²) in [5.74, 6) is 3.65. The van der Waals surface area contributed by atoms with Crippen molar-refractivity contribution in [2.45, 2.75) is 151 Å². The molecule has 0 aliphatic carbocycles. The zero-order valence-corrected chi connectivity index (χ0v) is 40.1. The maximum Gasteiger partial charge on any atom is 0.318 e. The summed E-state index contributed by atoms with van der Waals surface area (Å²) < 4.78 is 32.7. The number of benzene rings is 2. The number of hydrogen-bond acceptors (Lipinski definition) is 3. The van der Waals surface area contributed by atoms with Crippen molar-refractivity contribution in [1.29, 1.82) is 0 Å². The highest BCUT2D eigenvalue weighted by Crippen LogP contribution is 2.62. The number of hydrogen-bond donors (Lipinski definition) is 0. The van der Waals surface area contributed by atoms with Gasteiger partial charge in [-0.3, -0.25) is 17.4 Å². The molecule has 0 unspecified atom stereocenters. The lowest BCUT2D eigenvalue weighted by Gasteiger charge is -2.40. The maximum absolute atomic E-state index is 7.63. The summed E-state index contributed by atoms with van der Waals surface area (Å²) in [5.41, 5.74) is 14.4. The van der Waals surface area contributed by atoms with Gasteiger partial charge in [0.2, 0.25) is 0 Å². The average molecular weight is 843 g/mol. The highest BCUT2D eigenvalue weighted by molar-refractivity contribution is 7.50. The number of aromatic nitrogens is 4. The first-order valence-electron chi connectivity index (χ1n) is 22.3. The third-order valence-electron chi connectivity index (χ3n) is 13.5. The number of nitrogens with zero attached hydrogens (tertiary/aromatic N) is 4. The quantitative estimate of drug-likeness (QED) is 0.143. The maximum atomic E-state index is 7.63. The van der Waals surface area contributed by atoms with Gasteiger partial charge in [0, 0.05) is 73.9 Å². The summed E-state index contributed by atoms with van der Waals surface area (Å²) >= 11 is 0. The number of ether oxygens (including phenoxy) is 1. The van der Waals surface area contributed by atoms with Crippen molar-refractivity contribution in [3.05, 3.63) is 141 Å². The van der Waals surface area contributed by atoms with Crippen LogP contribution in [0.4, 0.5) is 0 Å². The van der Waals surface area contributed by atoms with Crippen molar-refractivity contribution >= 4 is 16.9 Å². The Bertz CT molecular complexity index is 2360. The Hall–Kier alpha value is -4.18. The largest absolute Gasteiger partial charge is 0.449 e. The topological polar surface area (TPSA) is 47.4 Å². The van der Waals surface area contributed by atoms with Crippen LogP contribution in [0.15, 0.2) is 72.8 Å². The van der Waals surface area contributed by atoms with Crippen LogP contribution in [0.5, 0.6) is 23.0 Å². The van der Waals surface area contributed by atoms with E-state index in [1.807, 2.05) is 0 Å². The fourth-order valence-corrected chi connectivity index (χ4v) is 14.4. The van der Waals surface area contributed by atoms with E-state index in [9.17, 15) is 0 Å². The normalized spacial score (nSPS) is 20.0. The molecule has 2 aromatic carbocycles. The first kappa shape index (κ1) is 41.2. The summed E-state index contributed by atoms with van der Waals surface area (Å²) in [4.78, 5) is 0. The van der Waals surface area contributed by atoms with Gasteiger partial charge in [0.25, 0.3) is 0 Å². The molecule has 7 nitrogen and oxygen atoms in total. The van der Waals surface area contributed by atoms with Crippen LogP contribution in [-0.4, -0.2) is 17.4 Å². The van der Waals surface area contributed by atoms with Gasteiger partial charge < -0.3 is 13.8 Å². The van der Waals surface area contributed by atoms with E-state index in [-0.39, 0.29) is 22.7 Å². The summed E-state index contributed by atoms with van der Waals surface area (Å²) in [5, 5.41) is 0. The predicted octanol–water partition coefficient (Wildman–Crippen LogP) is 14.5. The lowest BCUT2D eigenvalue weighted by atomic mass is 9.72. The molecule has 9 heteroatoms. The van der Waals surface area contributed by atoms with E-state index in [0.29, 0.717) is 0 Å². The minimum Gasteiger partial charge on any atom is -0.449 e. The van der Waals surface area contributed by atoms with Crippen LogP contribution in [0, 0.1) is 0 Å². The summed E-state index contributed by atoms with van der Waals surface area (Å²) in [6.45, 7) is 32.2. The third kappa shape index (κ3) is 6.18. The van der Waals surface area contributed by atoms with Gasteiger partial charge in [0.1, 0.15) is 0 Å². The molecular weight excluding hydrogens is 779 g/mol. The van der Waals surface area contributed by atoms with Crippen LogP contribution in [0.2, 0.25) is 0 Å². The number of rotatable bonds is 8. The molecule has 0 radical (unpaired) electrons. The van der Waals surface area contributed by atoms with Crippen LogP contribution in [0.1, 0.15) is 177 Å². The molecule has 60 heavy (non-hydrogen) atoms. The van der Waals surface area contributed by atoms with Crippen LogP contribution in [0.3, 0.4) is 0 Å². The second kappa shape index (κ2) is 14.5. The molecule has 0 bridgehead atoms. The lowest BCUT2D eigenvalue weighted by Crippen LogP contribution is -2.28. The number of fused-ring (bicyclic) bond motifs is 6. The molecule has 9 rings (SSSR count). The fourth-order valence-electron chi connectivity index (χ4n) is 9.58. The fraction of sp³-hybridized carbons (Fsp3) is 0.451. The molecule has 0 atom stereocenters. The van der Waals surface area contributed by atoms with Crippen LogP contribution >= 0.6 is 16.9 Å². The van der Waals surface area contributed by atoms with Crippen molar-refractivity contribution in [2.24, 2.45) is 0 Å². The van der Waals surface area contributed by atoms with E-state index in [0.717, 1.165) is 59.8 Å². The summed E-state index contributed by atoms with van der Waals surface area (Å²) in [6, 6.07) is 27.7. The van der Waals surface area contributed by atoms with Crippen molar-refractivity contribution in [2.75, 3.05) is 0 Å². The van der Waals surface area contributed by atoms with Crippen LogP contribution in [-0.2, 0) is 41.9 Å².